The minimum Gasteiger partial charge on any atom is -0.383 e. The van der Waals surface area contributed by atoms with Crippen LogP contribution in [-0.4, -0.2) is 44.2 Å². The highest BCUT2D eigenvalue weighted by Crippen LogP contribution is 2.03. The number of benzene rings is 1. The summed E-state index contributed by atoms with van der Waals surface area (Å²) in [5.41, 5.74) is 6.97. The van der Waals surface area contributed by atoms with Gasteiger partial charge in [0, 0.05) is 20.7 Å². The van der Waals surface area contributed by atoms with E-state index in [0.717, 1.165) is 5.56 Å². The van der Waals surface area contributed by atoms with Gasteiger partial charge in [-0.1, -0.05) is 30.3 Å². The van der Waals surface area contributed by atoms with Crippen LogP contribution in [0.4, 0.5) is 0 Å². The van der Waals surface area contributed by atoms with Gasteiger partial charge in [0.15, 0.2) is 0 Å². The summed E-state index contributed by atoms with van der Waals surface area (Å²) in [6, 6.07) is 9.30. The van der Waals surface area contributed by atoms with E-state index < -0.39 is 6.04 Å². The van der Waals surface area contributed by atoms with Gasteiger partial charge in [-0.3, -0.25) is 4.79 Å². The number of ether oxygens (including phenoxy) is 1. The highest BCUT2D eigenvalue weighted by atomic mass is 16.5. The van der Waals surface area contributed by atoms with E-state index in [1.165, 1.54) is 0 Å². The lowest BCUT2D eigenvalue weighted by Crippen LogP contribution is -2.44. The fourth-order valence-corrected chi connectivity index (χ4v) is 1.58. The monoisotopic (exact) mass is 236 g/mol. The summed E-state index contributed by atoms with van der Waals surface area (Å²) >= 11 is 0. The molecule has 17 heavy (non-hydrogen) atoms. The number of rotatable bonds is 6. The molecule has 0 saturated carbocycles. The molecule has 2 N–H and O–H groups in total. The molecule has 1 aromatic carbocycles. The number of nitrogens with two attached hydrogens (primary N) is 1. The average Bonchev–Trinajstić information content (AvgIpc) is 2.36. The molecule has 0 heterocycles. The lowest BCUT2D eigenvalue weighted by atomic mass is 10.1. The van der Waals surface area contributed by atoms with Crippen LogP contribution in [0.5, 0.6) is 0 Å². The van der Waals surface area contributed by atoms with Gasteiger partial charge < -0.3 is 15.4 Å². The lowest BCUT2D eigenvalue weighted by molar-refractivity contribution is -0.131. The number of likely N-dealkylation sites (N-methyl/N-ethyl adjacent to an activating group) is 1. The Labute approximate surface area is 102 Å². The molecule has 1 atom stereocenters. The maximum absolute atomic E-state index is 11.9. The van der Waals surface area contributed by atoms with Gasteiger partial charge in [-0.2, -0.15) is 0 Å². The minimum absolute atomic E-state index is 0.0501. The Balaban J connectivity index is 2.47. The van der Waals surface area contributed by atoms with Crippen molar-refractivity contribution in [2.75, 3.05) is 27.3 Å². The van der Waals surface area contributed by atoms with Gasteiger partial charge in [0.25, 0.3) is 0 Å². The van der Waals surface area contributed by atoms with Crippen LogP contribution in [0.3, 0.4) is 0 Å². The van der Waals surface area contributed by atoms with E-state index in [9.17, 15) is 4.79 Å². The van der Waals surface area contributed by atoms with Crippen molar-refractivity contribution < 1.29 is 9.53 Å². The number of methoxy groups -OCH3 is 1. The number of hydrogen-bond donors (Lipinski definition) is 1. The SMILES string of the molecule is COCCN(C)C(=O)[C@@H](N)Cc1ccccc1. The molecule has 0 aliphatic heterocycles. The third kappa shape index (κ3) is 4.54. The summed E-state index contributed by atoms with van der Waals surface area (Å²) in [6.45, 7) is 1.10. The zero-order valence-electron chi connectivity index (χ0n) is 10.4. The molecule has 0 fully saturated rings. The summed E-state index contributed by atoms with van der Waals surface area (Å²) in [5.74, 6) is -0.0501. The van der Waals surface area contributed by atoms with Crippen LogP contribution in [0.15, 0.2) is 30.3 Å². The van der Waals surface area contributed by atoms with Crippen LogP contribution in [0.25, 0.3) is 0 Å². The molecule has 0 aromatic heterocycles. The van der Waals surface area contributed by atoms with Crippen molar-refractivity contribution in [2.45, 2.75) is 12.5 Å². The highest BCUT2D eigenvalue weighted by molar-refractivity contribution is 5.81. The van der Waals surface area contributed by atoms with E-state index in [0.29, 0.717) is 19.6 Å². The predicted octanol–water partition coefficient (Wildman–Crippen LogP) is 0.661. The Hall–Kier alpha value is -1.39. The van der Waals surface area contributed by atoms with Crippen molar-refractivity contribution in [1.82, 2.24) is 4.90 Å². The first-order valence-corrected chi connectivity index (χ1v) is 5.68. The van der Waals surface area contributed by atoms with Crippen LogP contribution in [0.1, 0.15) is 5.56 Å². The van der Waals surface area contributed by atoms with E-state index in [-0.39, 0.29) is 5.91 Å². The molecule has 0 radical (unpaired) electrons. The average molecular weight is 236 g/mol. The summed E-state index contributed by atoms with van der Waals surface area (Å²) < 4.78 is 4.93. The number of hydrogen-bond acceptors (Lipinski definition) is 3. The Morgan fingerprint density at radius 2 is 2.06 bits per heavy atom. The van der Waals surface area contributed by atoms with Crippen LogP contribution in [0, 0.1) is 0 Å². The first kappa shape index (κ1) is 13.7. The molecular weight excluding hydrogens is 216 g/mol. The van der Waals surface area contributed by atoms with Gasteiger partial charge in [-0.25, -0.2) is 0 Å². The maximum atomic E-state index is 11.9. The van der Waals surface area contributed by atoms with Gasteiger partial charge in [0.2, 0.25) is 5.91 Å². The summed E-state index contributed by atoms with van der Waals surface area (Å²) in [4.78, 5) is 13.5. The number of carbonyl (C=O) groups is 1. The smallest absolute Gasteiger partial charge is 0.239 e. The topological polar surface area (TPSA) is 55.6 Å². The third-order valence-electron chi connectivity index (χ3n) is 2.62. The second-order valence-electron chi connectivity index (χ2n) is 4.05. The molecule has 4 heteroatoms. The molecule has 1 amide bonds. The molecular formula is C13H20N2O2. The number of carbonyl (C=O) groups excluding carboxylic acids is 1. The summed E-state index contributed by atoms with van der Waals surface area (Å²) in [7, 11) is 3.36. The quantitative estimate of drug-likeness (QED) is 0.789. The van der Waals surface area contributed by atoms with Gasteiger partial charge in [-0.15, -0.1) is 0 Å². The minimum atomic E-state index is -0.487. The molecule has 94 valence electrons. The molecule has 0 spiro atoms. The van der Waals surface area contributed by atoms with Crippen molar-refractivity contribution in [3.05, 3.63) is 35.9 Å². The van der Waals surface area contributed by atoms with Crippen molar-refractivity contribution >= 4 is 5.91 Å². The van der Waals surface area contributed by atoms with Gasteiger partial charge in [0.1, 0.15) is 0 Å². The largest absolute Gasteiger partial charge is 0.383 e. The fourth-order valence-electron chi connectivity index (χ4n) is 1.58. The van der Waals surface area contributed by atoms with Crippen molar-refractivity contribution in [3.63, 3.8) is 0 Å². The zero-order valence-corrected chi connectivity index (χ0v) is 10.4. The first-order chi connectivity index (χ1) is 8.15. The molecule has 4 nitrogen and oxygen atoms in total. The van der Waals surface area contributed by atoms with Crippen molar-refractivity contribution in [3.8, 4) is 0 Å². The van der Waals surface area contributed by atoms with E-state index >= 15 is 0 Å². The highest BCUT2D eigenvalue weighted by Gasteiger charge is 2.17. The van der Waals surface area contributed by atoms with Gasteiger partial charge in [0.05, 0.1) is 12.6 Å². The van der Waals surface area contributed by atoms with Crippen LogP contribution in [-0.2, 0) is 16.0 Å². The Kier molecular flexibility index (Phi) is 5.66. The molecule has 0 aliphatic rings. The van der Waals surface area contributed by atoms with Gasteiger partial charge in [-0.05, 0) is 12.0 Å². The molecule has 0 unspecified atom stereocenters. The van der Waals surface area contributed by atoms with Gasteiger partial charge >= 0.3 is 0 Å². The fraction of sp³-hybridized carbons (Fsp3) is 0.462. The Morgan fingerprint density at radius 3 is 2.65 bits per heavy atom. The normalized spacial score (nSPS) is 12.2. The lowest BCUT2D eigenvalue weighted by Gasteiger charge is -2.21. The van der Waals surface area contributed by atoms with Crippen molar-refractivity contribution in [1.29, 1.82) is 0 Å². The zero-order chi connectivity index (χ0) is 12.7. The van der Waals surface area contributed by atoms with Crippen LogP contribution < -0.4 is 5.73 Å². The molecule has 0 aliphatic carbocycles. The van der Waals surface area contributed by atoms with E-state index in [2.05, 4.69) is 0 Å². The maximum Gasteiger partial charge on any atom is 0.239 e. The van der Waals surface area contributed by atoms with E-state index in [1.807, 2.05) is 30.3 Å². The molecule has 0 bridgehead atoms. The molecule has 1 rings (SSSR count). The standard InChI is InChI=1S/C13H20N2O2/c1-15(8-9-17-2)13(16)12(14)10-11-6-4-3-5-7-11/h3-7,12H,8-10,14H2,1-2H3/t12-/m0/s1. The number of nitrogens with zero attached hydrogens (tertiary/aromatic N) is 1. The molecule has 1 aromatic rings. The Morgan fingerprint density at radius 1 is 1.41 bits per heavy atom. The summed E-state index contributed by atoms with van der Waals surface area (Å²) in [5, 5.41) is 0. The van der Waals surface area contributed by atoms with E-state index in [4.69, 9.17) is 10.5 Å². The van der Waals surface area contributed by atoms with Crippen LogP contribution >= 0.6 is 0 Å². The van der Waals surface area contributed by atoms with Crippen molar-refractivity contribution in [2.24, 2.45) is 5.73 Å². The molecule has 0 saturated heterocycles. The Bertz CT molecular complexity index is 341. The number of amides is 1. The second-order valence-corrected chi connectivity index (χ2v) is 4.05. The van der Waals surface area contributed by atoms with Crippen LogP contribution in [0.2, 0.25) is 0 Å². The third-order valence-corrected chi connectivity index (χ3v) is 2.62. The first-order valence-electron chi connectivity index (χ1n) is 5.68. The predicted molar refractivity (Wildman–Crippen MR) is 67.6 cm³/mol. The summed E-state index contributed by atoms with van der Waals surface area (Å²) in [6.07, 6.45) is 0.566. The van der Waals surface area contributed by atoms with E-state index in [1.54, 1.807) is 19.1 Å². The second kappa shape index (κ2) is 7.04.